The van der Waals surface area contributed by atoms with E-state index in [1.54, 1.807) is 12.6 Å². The normalized spacial score (nSPS) is 19.7. The van der Waals surface area contributed by atoms with Gasteiger partial charge < -0.3 is 14.3 Å². The van der Waals surface area contributed by atoms with E-state index in [-0.39, 0.29) is 0 Å². The minimum absolute atomic E-state index is 0.541. The second-order valence-electron chi connectivity index (χ2n) is 6.83. The summed E-state index contributed by atoms with van der Waals surface area (Å²) in [7, 11) is 2.14. The van der Waals surface area contributed by atoms with E-state index in [1.165, 1.54) is 17.7 Å². The maximum atomic E-state index is 5.43. The Morgan fingerprint density at radius 3 is 3.12 bits per heavy atom. The van der Waals surface area contributed by atoms with Crippen LogP contribution in [0.1, 0.15) is 12.8 Å². The summed E-state index contributed by atoms with van der Waals surface area (Å²) in [4.78, 5) is 19.8. The fourth-order valence-electron chi connectivity index (χ4n) is 3.59. The molecule has 0 radical (unpaired) electrons. The number of furan rings is 1. The number of pyridine rings is 1. The first-order chi connectivity index (χ1) is 12.8. The molecule has 0 spiro atoms. The van der Waals surface area contributed by atoms with Gasteiger partial charge in [-0.1, -0.05) is 0 Å². The molecule has 1 N–H and O–H groups in total. The summed E-state index contributed by atoms with van der Waals surface area (Å²) in [5.74, 6) is 2.85. The van der Waals surface area contributed by atoms with Crippen molar-refractivity contribution in [2.24, 2.45) is 5.92 Å². The fraction of sp³-hybridized carbons (Fsp3) is 0.316. The second-order valence-corrected chi connectivity index (χ2v) is 7.92. The standard InChI is InChI=1S/C19H19N5OS/c1-24(19-15-2-4-20-18(15)22-11-23-19)13-6-12(7-13)10-26-14-8-17-16(21-9-14)3-5-25-17/h2-5,8-9,11-13H,6-7,10H2,1H3,(H,20,22,23)/t12-,13+. The van der Waals surface area contributed by atoms with Gasteiger partial charge in [-0.3, -0.25) is 4.98 Å². The number of aromatic amines is 1. The van der Waals surface area contributed by atoms with Crippen LogP contribution in [0.25, 0.3) is 22.1 Å². The van der Waals surface area contributed by atoms with Crippen molar-refractivity contribution < 1.29 is 4.42 Å². The molecule has 1 aliphatic rings. The number of rotatable bonds is 5. The Morgan fingerprint density at radius 2 is 2.19 bits per heavy atom. The van der Waals surface area contributed by atoms with Gasteiger partial charge in [-0.25, -0.2) is 9.97 Å². The van der Waals surface area contributed by atoms with Crippen LogP contribution in [0.3, 0.4) is 0 Å². The van der Waals surface area contributed by atoms with E-state index in [0.29, 0.717) is 6.04 Å². The van der Waals surface area contributed by atoms with E-state index < -0.39 is 0 Å². The van der Waals surface area contributed by atoms with Crippen LogP contribution in [-0.2, 0) is 0 Å². The number of anilines is 1. The van der Waals surface area contributed by atoms with Crippen molar-refractivity contribution in [3.63, 3.8) is 0 Å². The van der Waals surface area contributed by atoms with Gasteiger partial charge in [-0.2, -0.15) is 0 Å². The average Bonchev–Trinajstić information content (AvgIpc) is 3.28. The van der Waals surface area contributed by atoms with Gasteiger partial charge in [0, 0.05) is 42.2 Å². The lowest BCUT2D eigenvalue weighted by Gasteiger charge is -2.41. The molecule has 1 saturated carbocycles. The molecule has 7 heteroatoms. The van der Waals surface area contributed by atoms with Crippen LogP contribution in [0, 0.1) is 5.92 Å². The lowest BCUT2D eigenvalue weighted by molar-refractivity contribution is 0.286. The molecular formula is C19H19N5OS. The van der Waals surface area contributed by atoms with Crippen LogP contribution in [0.15, 0.2) is 52.5 Å². The van der Waals surface area contributed by atoms with Crippen molar-refractivity contribution in [3.05, 3.63) is 43.2 Å². The lowest BCUT2D eigenvalue weighted by Crippen LogP contribution is -2.43. The number of fused-ring (bicyclic) bond motifs is 2. The van der Waals surface area contributed by atoms with Crippen LogP contribution in [0.2, 0.25) is 0 Å². The summed E-state index contributed by atoms with van der Waals surface area (Å²) in [6.07, 6.45) is 9.56. The van der Waals surface area contributed by atoms with Crippen molar-refractivity contribution in [2.75, 3.05) is 17.7 Å². The molecule has 0 amide bonds. The molecule has 0 saturated heterocycles. The summed E-state index contributed by atoms with van der Waals surface area (Å²) >= 11 is 1.86. The molecule has 4 aromatic rings. The van der Waals surface area contributed by atoms with Crippen molar-refractivity contribution in [1.82, 2.24) is 19.9 Å². The molecule has 1 aliphatic carbocycles. The zero-order valence-electron chi connectivity index (χ0n) is 14.4. The monoisotopic (exact) mass is 365 g/mol. The zero-order valence-corrected chi connectivity index (χ0v) is 15.2. The molecule has 0 unspecified atom stereocenters. The van der Waals surface area contributed by atoms with Crippen molar-refractivity contribution in [1.29, 1.82) is 0 Å². The van der Waals surface area contributed by atoms with Crippen molar-refractivity contribution >= 4 is 39.7 Å². The third-order valence-electron chi connectivity index (χ3n) is 5.19. The summed E-state index contributed by atoms with van der Waals surface area (Å²) in [6, 6.07) is 6.56. The highest BCUT2D eigenvalue weighted by atomic mass is 32.2. The highest BCUT2D eigenvalue weighted by molar-refractivity contribution is 7.99. The maximum Gasteiger partial charge on any atom is 0.153 e. The first kappa shape index (κ1) is 15.7. The van der Waals surface area contributed by atoms with Gasteiger partial charge in [0.25, 0.3) is 0 Å². The van der Waals surface area contributed by atoms with Gasteiger partial charge in [0.05, 0.1) is 11.6 Å². The molecule has 132 valence electrons. The lowest BCUT2D eigenvalue weighted by atomic mass is 9.81. The number of hydrogen-bond donors (Lipinski definition) is 1. The average molecular weight is 365 g/mol. The molecule has 0 aliphatic heterocycles. The van der Waals surface area contributed by atoms with Crippen LogP contribution in [0.4, 0.5) is 5.82 Å². The number of thioether (sulfide) groups is 1. The number of H-pyrrole nitrogens is 1. The highest BCUT2D eigenvalue weighted by Crippen LogP contribution is 2.38. The minimum Gasteiger partial charge on any atom is -0.463 e. The molecule has 6 nitrogen and oxygen atoms in total. The maximum absolute atomic E-state index is 5.43. The predicted octanol–water partition coefficient (Wildman–Crippen LogP) is 4.11. The molecule has 1 fully saturated rings. The Balaban J connectivity index is 1.20. The van der Waals surface area contributed by atoms with Crippen LogP contribution in [0.5, 0.6) is 0 Å². The summed E-state index contributed by atoms with van der Waals surface area (Å²) in [6.45, 7) is 0. The SMILES string of the molecule is CN(c1ncnc2[nH]ccc12)[C@H]1C[C@@H](CSc2cnc3ccoc3c2)C1. The minimum atomic E-state index is 0.541. The van der Waals surface area contributed by atoms with Crippen molar-refractivity contribution in [3.8, 4) is 0 Å². The summed E-state index contributed by atoms with van der Waals surface area (Å²) < 4.78 is 5.43. The zero-order chi connectivity index (χ0) is 17.5. The molecule has 26 heavy (non-hydrogen) atoms. The van der Waals surface area contributed by atoms with Crippen LogP contribution < -0.4 is 4.90 Å². The van der Waals surface area contributed by atoms with Crippen LogP contribution >= 0.6 is 11.8 Å². The number of aromatic nitrogens is 4. The summed E-state index contributed by atoms with van der Waals surface area (Å²) in [5, 5.41) is 1.09. The molecule has 4 heterocycles. The largest absolute Gasteiger partial charge is 0.463 e. The third-order valence-corrected chi connectivity index (χ3v) is 6.38. The number of hydrogen-bond acceptors (Lipinski definition) is 6. The van der Waals surface area contributed by atoms with Gasteiger partial charge in [0.1, 0.15) is 23.3 Å². The predicted molar refractivity (Wildman–Crippen MR) is 104 cm³/mol. The first-order valence-corrected chi connectivity index (χ1v) is 9.73. The van der Waals surface area contributed by atoms with Gasteiger partial charge in [0.15, 0.2) is 5.58 Å². The highest BCUT2D eigenvalue weighted by Gasteiger charge is 2.33. The summed E-state index contributed by atoms with van der Waals surface area (Å²) in [5.41, 5.74) is 2.68. The number of nitrogens with one attached hydrogen (secondary N) is 1. The molecule has 5 rings (SSSR count). The van der Waals surface area contributed by atoms with E-state index in [9.17, 15) is 0 Å². The molecule has 0 atom stereocenters. The molecule has 4 aromatic heterocycles. The topological polar surface area (TPSA) is 70.8 Å². The number of nitrogens with zero attached hydrogens (tertiary/aromatic N) is 4. The van der Waals surface area contributed by atoms with Crippen LogP contribution in [-0.4, -0.2) is 38.8 Å². The van der Waals surface area contributed by atoms with Gasteiger partial charge in [-0.05, 0) is 30.9 Å². The third kappa shape index (κ3) is 2.72. The van der Waals surface area contributed by atoms with Gasteiger partial charge in [-0.15, -0.1) is 11.8 Å². The van der Waals surface area contributed by atoms with E-state index >= 15 is 0 Å². The van der Waals surface area contributed by atoms with Gasteiger partial charge in [0.2, 0.25) is 0 Å². The Bertz CT molecular complexity index is 1050. The fourth-order valence-corrected chi connectivity index (χ4v) is 4.60. The Kier molecular flexibility index (Phi) is 3.81. The smallest absolute Gasteiger partial charge is 0.153 e. The molecular weight excluding hydrogens is 346 g/mol. The second kappa shape index (κ2) is 6.32. The van der Waals surface area contributed by atoms with E-state index in [0.717, 1.165) is 39.6 Å². The van der Waals surface area contributed by atoms with E-state index in [1.807, 2.05) is 36.3 Å². The molecule has 0 aromatic carbocycles. The Labute approximate surface area is 155 Å². The molecule has 0 bridgehead atoms. The Morgan fingerprint density at radius 1 is 1.27 bits per heavy atom. The van der Waals surface area contributed by atoms with E-state index in [4.69, 9.17) is 4.42 Å². The quantitative estimate of drug-likeness (QED) is 0.537. The first-order valence-electron chi connectivity index (χ1n) is 8.75. The van der Waals surface area contributed by atoms with Crippen molar-refractivity contribution in [2.45, 2.75) is 23.8 Å². The Hall–Kier alpha value is -2.54. The van der Waals surface area contributed by atoms with E-state index in [2.05, 4.69) is 37.9 Å². The van der Waals surface area contributed by atoms with Gasteiger partial charge >= 0.3 is 0 Å².